The molecule has 0 aromatic heterocycles. The predicted molar refractivity (Wildman–Crippen MR) is 320 cm³/mol. The van der Waals surface area contributed by atoms with Gasteiger partial charge in [0, 0.05) is 62.6 Å². The van der Waals surface area contributed by atoms with Crippen molar-refractivity contribution < 1.29 is 0 Å². The van der Waals surface area contributed by atoms with Crippen LogP contribution in [0.25, 0.3) is 0 Å². The van der Waals surface area contributed by atoms with Crippen molar-refractivity contribution >= 4 is 28.4 Å². The van der Waals surface area contributed by atoms with Gasteiger partial charge in [-0.15, -0.1) is 0 Å². The predicted octanol–water partition coefficient (Wildman–Crippen LogP) is 18.7. The van der Waals surface area contributed by atoms with E-state index >= 15 is 0 Å². The molecule has 4 nitrogen and oxygen atoms in total. The van der Waals surface area contributed by atoms with Gasteiger partial charge in [-0.2, -0.15) is 0 Å². The number of benzene rings is 5. The molecule has 1 spiro atoms. The number of anilines is 5. The largest absolute Gasteiger partial charge is 0.341 e. The molecule has 0 fully saturated rings. The van der Waals surface area contributed by atoms with Gasteiger partial charge in [0.05, 0.1) is 11.5 Å². The number of fused-ring (bicyclic) bond motifs is 6. The van der Waals surface area contributed by atoms with Crippen molar-refractivity contribution in [2.45, 2.75) is 89.5 Å². The molecular formula is C73H66N4. The van der Waals surface area contributed by atoms with Gasteiger partial charge in [0.2, 0.25) is 0 Å². The molecule has 0 heterocycles. The number of nitrogens with zero attached hydrogens (tertiary/aromatic N) is 4. The lowest BCUT2D eigenvalue weighted by molar-refractivity contribution is 0.334. The highest BCUT2D eigenvalue weighted by Crippen LogP contribution is 2.69. The third-order valence-electron chi connectivity index (χ3n) is 17.5. The Hall–Kier alpha value is -8.34. The molecule has 378 valence electrons. The first-order valence-corrected chi connectivity index (χ1v) is 28.5. The van der Waals surface area contributed by atoms with Crippen molar-refractivity contribution in [2.75, 3.05) is 14.7 Å². The Labute approximate surface area is 456 Å². The molecule has 5 aromatic carbocycles. The van der Waals surface area contributed by atoms with Crippen LogP contribution in [0.15, 0.2) is 315 Å². The van der Waals surface area contributed by atoms with Crippen LogP contribution in [0.2, 0.25) is 0 Å². The SMILES string of the molecule is C1=CCCC(N(C2=CC3=C(CC2)C2=C(C=C(N(C4=CC=CCC4)C4C=CC=CC4)CC2)C32C3=C(CCC(N(c4ccccc4)c4ccccc4)=C3)C3=C2C=C(N(c2ccccc2)c2ccccc2)CC3)c2ccccc2)=C1. The van der Waals surface area contributed by atoms with Crippen LogP contribution < -0.4 is 14.7 Å². The molecular weight excluding hydrogens is 933 g/mol. The minimum Gasteiger partial charge on any atom is -0.341 e. The highest BCUT2D eigenvalue weighted by Gasteiger charge is 2.57. The monoisotopic (exact) mass is 999 g/mol. The van der Waals surface area contributed by atoms with Crippen molar-refractivity contribution in [1.82, 2.24) is 4.90 Å². The van der Waals surface area contributed by atoms with Crippen LogP contribution in [0.4, 0.5) is 28.4 Å². The van der Waals surface area contributed by atoms with Crippen LogP contribution in [0, 0.1) is 5.41 Å². The van der Waals surface area contributed by atoms with Gasteiger partial charge < -0.3 is 19.6 Å². The molecule has 0 saturated heterocycles. The van der Waals surface area contributed by atoms with Crippen LogP contribution in [0.3, 0.4) is 0 Å². The topological polar surface area (TPSA) is 13.0 Å². The summed E-state index contributed by atoms with van der Waals surface area (Å²) >= 11 is 0. The number of hydrogen-bond acceptors (Lipinski definition) is 4. The molecule has 0 aliphatic heterocycles. The fourth-order valence-corrected chi connectivity index (χ4v) is 14.3. The van der Waals surface area contributed by atoms with Gasteiger partial charge in [0.1, 0.15) is 0 Å². The number of allylic oxidation sites excluding steroid dienone is 26. The quantitative estimate of drug-likeness (QED) is 0.123. The summed E-state index contributed by atoms with van der Waals surface area (Å²) in [6, 6.07) is 55.9. The zero-order valence-corrected chi connectivity index (χ0v) is 44.1. The maximum absolute atomic E-state index is 2.77. The second-order valence-electron chi connectivity index (χ2n) is 21.8. The first kappa shape index (κ1) is 47.1. The zero-order chi connectivity index (χ0) is 51.1. The Morgan fingerprint density at radius 3 is 1.05 bits per heavy atom. The van der Waals surface area contributed by atoms with Crippen molar-refractivity contribution in [3.05, 3.63) is 315 Å². The summed E-state index contributed by atoms with van der Waals surface area (Å²) in [5.74, 6) is 0. The van der Waals surface area contributed by atoms with Crippen LogP contribution in [0.5, 0.6) is 0 Å². The minimum atomic E-state index is -0.555. The molecule has 4 heteroatoms. The van der Waals surface area contributed by atoms with E-state index in [0.29, 0.717) is 0 Å². The maximum atomic E-state index is 2.77. The average molecular weight is 999 g/mol. The summed E-state index contributed by atoms with van der Waals surface area (Å²) in [5, 5.41) is 0. The third kappa shape index (κ3) is 8.28. The lowest BCUT2D eigenvalue weighted by Crippen LogP contribution is -2.35. The zero-order valence-electron chi connectivity index (χ0n) is 44.1. The van der Waals surface area contributed by atoms with E-state index in [1.54, 1.807) is 22.3 Å². The molecule has 0 saturated carbocycles. The van der Waals surface area contributed by atoms with Gasteiger partial charge in [-0.3, -0.25) is 0 Å². The molecule has 1 atom stereocenters. The minimum absolute atomic E-state index is 0.265. The summed E-state index contributed by atoms with van der Waals surface area (Å²) in [5.41, 5.74) is 26.0. The van der Waals surface area contributed by atoms with Gasteiger partial charge in [-0.1, -0.05) is 140 Å². The van der Waals surface area contributed by atoms with E-state index in [4.69, 9.17) is 0 Å². The van der Waals surface area contributed by atoms with Gasteiger partial charge in [0.25, 0.3) is 0 Å². The summed E-state index contributed by atoms with van der Waals surface area (Å²) in [6.07, 6.45) is 47.3. The Morgan fingerprint density at radius 1 is 0.312 bits per heavy atom. The molecule has 9 aliphatic rings. The number of rotatable bonds is 12. The summed E-state index contributed by atoms with van der Waals surface area (Å²) in [7, 11) is 0. The number of para-hydroxylation sites is 5. The van der Waals surface area contributed by atoms with Crippen LogP contribution in [-0.2, 0) is 0 Å². The fourth-order valence-electron chi connectivity index (χ4n) is 14.3. The Bertz CT molecular complexity index is 3380. The first-order valence-electron chi connectivity index (χ1n) is 28.5. The van der Waals surface area contributed by atoms with E-state index in [2.05, 4.69) is 256 Å². The highest BCUT2D eigenvalue weighted by molar-refractivity contribution is 5.84. The standard InChI is InChI=1S/C73H66N4/c1-9-25-53(26-10-1)74(54-27-11-2-12-28-54)61-41-45-65-66-46-42-62(75(55-29-13-3-14-30-55)56-31-15-4-16-32-56)50-70(66)73(69(65)49-61)71-51-63(76(57-33-17-5-18-34-57)58-35-19-6-20-36-58)43-47-67(71)68-48-44-64(52-72(68)73)77(59-37-21-7-22-38-59)60-39-23-8-24-40-60/h1-19,21-23,25-35,37,39,49-52,59H,20,24,36,38,40-48H2. The Balaban J connectivity index is 1.04. The molecule has 0 bridgehead atoms. The first-order chi connectivity index (χ1) is 38.2. The van der Waals surface area contributed by atoms with E-state index in [-0.39, 0.29) is 6.04 Å². The summed E-state index contributed by atoms with van der Waals surface area (Å²) < 4.78 is 0. The Morgan fingerprint density at radius 2 is 0.675 bits per heavy atom. The fraction of sp³-hybridized carbons (Fsp3) is 0.205. The molecule has 77 heavy (non-hydrogen) atoms. The molecule has 0 N–H and O–H groups in total. The van der Waals surface area contributed by atoms with Gasteiger partial charge in [-0.25, -0.2) is 0 Å². The van der Waals surface area contributed by atoms with Crippen molar-refractivity contribution in [3.8, 4) is 0 Å². The lowest BCUT2D eigenvalue weighted by Gasteiger charge is -2.42. The van der Waals surface area contributed by atoms with Crippen LogP contribution in [-0.4, -0.2) is 10.9 Å². The molecule has 9 aliphatic carbocycles. The summed E-state index contributed by atoms with van der Waals surface area (Å²) in [4.78, 5) is 10.5. The smallest absolute Gasteiger partial charge is 0.0715 e. The molecule has 14 rings (SSSR count). The molecule has 1 unspecified atom stereocenters. The van der Waals surface area contributed by atoms with Crippen molar-refractivity contribution in [2.24, 2.45) is 5.41 Å². The van der Waals surface area contributed by atoms with E-state index < -0.39 is 5.41 Å². The Kier molecular flexibility index (Phi) is 12.4. The van der Waals surface area contributed by atoms with E-state index in [1.807, 2.05) is 0 Å². The van der Waals surface area contributed by atoms with Gasteiger partial charge >= 0.3 is 0 Å². The van der Waals surface area contributed by atoms with Crippen LogP contribution in [0.1, 0.15) is 83.5 Å². The van der Waals surface area contributed by atoms with Gasteiger partial charge in [0.15, 0.2) is 0 Å². The second-order valence-corrected chi connectivity index (χ2v) is 21.8. The van der Waals surface area contributed by atoms with Crippen molar-refractivity contribution in [1.29, 1.82) is 0 Å². The summed E-state index contributed by atoms with van der Waals surface area (Å²) in [6.45, 7) is 0. The third-order valence-corrected chi connectivity index (χ3v) is 17.5. The van der Waals surface area contributed by atoms with E-state index in [0.717, 1.165) is 83.5 Å². The van der Waals surface area contributed by atoms with Crippen molar-refractivity contribution in [3.63, 3.8) is 0 Å². The van der Waals surface area contributed by atoms with E-state index in [1.165, 1.54) is 84.9 Å². The van der Waals surface area contributed by atoms with E-state index in [9.17, 15) is 0 Å². The normalized spacial score (nSPS) is 20.9. The second kappa shape index (κ2) is 20.3. The molecule has 0 amide bonds. The lowest BCUT2D eigenvalue weighted by atomic mass is 9.64. The maximum Gasteiger partial charge on any atom is 0.0715 e. The molecule has 0 radical (unpaired) electrons. The highest BCUT2D eigenvalue weighted by atomic mass is 15.2. The number of hydrogen-bond donors (Lipinski definition) is 0. The molecule has 5 aromatic rings. The van der Waals surface area contributed by atoms with Gasteiger partial charge in [-0.05, 0) is 225 Å². The van der Waals surface area contributed by atoms with Crippen LogP contribution >= 0.6 is 0 Å². The average Bonchev–Trinajstić information content (AvgIpc) is 4.14.